The molecule has 1 fully saturated rings. The number of halogens is 1. The SMILES string of the molecule is Fc1cnc(Nc2ccc3c(c2)OCCO3)nc1NC1CCCCC1. The largest absolute Gasteiger partial charge is 0.486 e. The molecule has 0 bridgehead atoms. The van der Waals surface area contributed by atoms with Gasteiger partial charge in [0.2, 0.25) is 5.95 Å². The molecule has 2 heterocycles. The fourth-order valence-corrected chi connectivity index (χ4v) is 3.22. The topological polar surface area (TPSA) is 68.3 Å². The molecule has 2 aliphatic rings. The van der Waals surface area contributed by atoms with Crippen LogP contribution < -0.4 is 20.1 Å². The van der Waals surface area contributed by atoms with Gasteiger partial charge in [0, 0.05) is 17.8 Å². The van der Waals surface area contributed by atoms with Crippen molar-refractivity contribution in [2.45, 2.75) is 38.1 Å². The van der Waals surface area contributed by atoms with E-state index < -0.39 is 5.82 Å². The Morgan fingerprint density at radius 3 is 2.68 bits per heavy atom. The van der Waals surface area contributed by atoms with E-state index in [9.17, 15) is 4.39 Å². The zero-order chi connectivity index (χ0) is 17.1. The molecule has 2 N–H and O–H groups in total. The number of fused-ring (bicyclic) bond motifs is 1. The second kappa shape index (κ2) is 7.13. The van der Waals surface area contributed by atoms with E-state index in [4.69, 9.17) is 9.47 Å². The Kier molecular flexibility index (Phi) is 4.54. The van der Waals surface area contributed by atoms with E-state index in [0.717, 1.165) is 24.3 Å². The molecule has 0 saturated heterocycles. The highest BCUT2D eigenvalue weighted by molar-refractivity contribution is 5.60. The van der Waals surface area contributed by atoms with E-state index in [0.29, 0.717) is 24.9 Å². The normalized spacial score (nSPS) is 17.2. The predicted octanol–water partition coefficient (Wildman–Crippen LogP) is 3.88. The third-order valence-electron chi connectivity index (χ3n) is 4.49. The highest BCUT2D eigenvalue weighted by Gasteiger charge is 2.17. The van der Waals surface area contributed by atoms with Crippen molar-refractivity contribution in [2.24, 2.45) is 0 Å². The summed E-state index contributed by atoms with van der Waals surface area (Å²) in [6.07, 6.45) is 6.89. The summed E-state index contributed by atoms with van der Waals surface area (Å²) < 4.78 is 25.1. The molecule has 1 aliphatic carbocycles. The lowest BCUT2D eigenvalue weighted by atomic mass is 9.95. The van der Waals surface area contributed by atoms with Gasteiger partial charge in [-0.15, -0.1) is 0 Å². The number of anilines is 3. The van der Waals surface area contributed by atoms with Gasteiger partial charge in [0.15, 0.2) is 23.1 Å². The second-order valence-corrected chi connectivity index (χ2v) is 6.35. The number of nitrogens with one attached hydrogen (secondary N) is 2. The number of hydrogen-bond donors (Lipinski definition) is 2. The lowest BCUT2D eigenvalue weighted by Crippen LogP contribution is -2.23. The van der Waals surface area contributed by atoms with Crippen molar-refractivity contribution in [3.05, 3.63) is 30.2 Å². The van der Waals surface area contributed by atoms with Gasteiger partial charge in [0.05, 0.1) is 6.20 Å². The highest BCUT2D eigenvalue weighted by Crippen LogP contribution is 2.33. The van der Waals surface area contributed by atoms with Gasteiger partial charge in [-0.1, -0.05) is 19.3 Å². The lowest BCUT2D eigenvalue weighted by Gasteiger charge is -2.23. The van der Waals surface area contributed by atoms with Gasteiger partial charge in [0.1, 0.15) is 13.2 Å². The van der Waals surface area contributed by atoms with E-state index in [1.54, 1.807) is 0 Å². The molecular weight excluding hydrogens is 323 g/mol. The number of rotatable bonds is 4. The summed E-state index contributed by atoms with van der Waals surface area (Å²) in [4.78, 5) is 8.32. The van der Waals surface area contributed by atoms with E-state index >= 15 is 0 Å². The number of nitrogens with zero attached hydrogens (tertiary/aromatic N) is 2. The Morgan fingerprint density at radius 1 is 1.04 bits per heavy atom. The molecule has 0 radical (unpaired) electrons. The first-order valence-electron chi connectivity index (χ1n) is 8.74. The van der Waals surface area contributed by atoms with Crippen LogP contribution in [0.3, 0.4) is 0 Å². The summed E-state index contributed by atoms with van der Waals surface area (Å²) >= 11 is 0. The maximum atomic E-state index is 14.0. The van der Waals surface area contributed by atoms with Crippen molar-refractivity contribution in [2.75, 3.05) is 23.8 Å². The first kappa shape index (κ1) is 15.9. The van der Waals surface area contributed by atoms with Gasteiger partial charge >= 0.3 is 0 Å². The van der Waals surface area contributed by atoms with Crippen LogP contribution in [0.5, 0.6) is 11.5 Å². The first-order chi connectivity index (χ1) is 12.3. The Morgan fingerprint density at radius 2 is 1.84 bits per heavy atom. The van der Waals surface area contributed by atoms with Crippen LogP contribution in [0.4, 0.5) is 21.8 Å². The summed E-state index contributed by atoms with van der Waals surface area (Å²) in [6, 6.07) is 5.80. The van der Waals surface area contributed by atoms with E-state index in [1.165, 1.54) is 25.5 Å². The maximum Gasteiger partial charge on any atom is 0.229 e. The monoisotopic (exact) mass is 344 g/mol. The lowest BCUT2D eigenvalue weighted by molar-refractivity contribution is 0.171. The molecule has 0 spiro atoms. The molecule has 0 amide bonds. The smallest absolute Gasteiger partial charge is 0.229 e. The number of hydrogen-bond acceptors (Lipinski definition) is 6. The molecule has 132 valence electrons. The van der Waals surface area contributed by atoms with Crippen LogP contribution in [-0.2, 0) is 0 Å². The minimum Gasteiger partial charge on any atom is -0.486 e. The summed E-state index contributed by atoms with van der Waals surface area (Å²) in [5.74, 6) is 1.56. The summed E-state index contributed by atoms with van der Waals surface area (Å²) in [7, 11) is 0. The summed E-state index contributed by atoms with van der Waals surface area (Å²) in [6.45, 7) is 1.08. The number of aromatic nitrogens is 2. The van der Waals surface area contributed by atoms with Gasteiger partial charge in [-0.25, -0.2) is 9.37 Å². The molecule has 1 aliphatic heterocycles. The maximum absolute atomic E-state index is 14.0. The Hall–Kier alpha value is -2.57. The Bertz CT molecular complexity index is 750. The van der Waals surface area contributed by atoms with Crippen LogP contribution in [0, 0.1) is 5.82 Å². The predicted molar refractivity (Wildman–Crippen MR) is 93.2 cm³/mol. The van der Waals surface area contributed by atoms with E-state index in [1.807, 2.05) is 18.2 Å². The van der Waals surface area contributed by atoms with Gasteiger partial charge in [-0.2, -0.15) is 4.98 Å². The van der Waals surface area contributed by atoms with Crippen molar-refractivity contribution >= 4 is 17.5 Å². The van der Waals surface area contributed by atoms with Crippen LogP contribution >= 0.6 is 0 Å². The fourth-order valence-electron chi connectivity index (χ4n) is 3.22. The summed E-state index contributed by atoms with van der Waals surface area (Å²) in [5.41, 5.74) is 0.763. The van der Waals surface area contributed by atoms with Gasteiger partial charge in [-0.05, 0) is 25.0 Å². The molecular formula is C18H21FN4O2. The first-order valence-corrected chi connectivity index (χ1v) is 8.74. The second-order valence-electron chi connectivity index (χ2n) is 6.35. The standard InChI is InChI=1S/C18H21FN4O2/c19-14-11-20-18(23-17(14)21-12-4-2-1-3-5-12)22-13-6-7-15-16(10-13)25-9-8-24-15/h6-7,10-12H,1-5,8-9H2,(H2,20,21,22,23). The fraction of sp³-hybridized carbons (Fsp3) is 0.444. The molecule has 7 heteroatoms. The quantitative estimate of drug-likeness (QED) is 0.877. The van der Waals surface area contributed by atoms with Crippen LogP contribution in [0.1, 0.15) is 32.1 Å². The zero-order valence-corrected chi connectivity index (χ0v) is 13.9. The molecule has 1 aromatic carbocycles. The molecule has 25 heavy (non-hydrogen) atoms. The zero-order valence-electron chi connectivity index (χ0n) is 13.9. The van der Waals surface area contributed by atoms with Gasteiger partial charge < -0.3 is 20.1 Å². The van der Waals surface area contributed by atoms with Crippen LogP contribution in [0.25, 0.3) is 0 Å². The average molecular weight is 344 g/mol. The van der Waals surface area contributed by atoms with Crippen LogP contribution in [-0.4, -0.2) is 29.2 Å². The molecule has 4 rings (SSSR count). The minimum atomic E-state index is -0.432. The van der Waals surface area contributed by atoms with Crippen molar-refractivity contribution in [1.82, 2.24) is 9.97 Å². The molecule has 2 aromatic rings. The van der Waals surface area contributed by atoms with Crippen LogP contribution in [0.15, 0.2) is 24.4 Å². The third-order valence-corrected chi connectivity index (χ3v) is 4.49. The van der Waals surface area contributed by atoms with Crippen molar-refractivity contribution in [3.8, 4) is 11.5 Å². The average Bonchev–Trinajstić information content (AvgIpc) is 2.65. The van der Waals surface area contributed by atoms with E-state index in [2.05, 4.69) is 20.6 Å². The molecule has 0 atom stereocenters. The minimum absolute atomic E-state index is 0.252. The third kappa shape index (κ3) is 3.75. The van der Waals surface area contributed by atoms with E-state index in [-0.39, 0.29) is 11.9 Å². The van der Waals surface area contributed by atoms with Gasteiger partial charge in [-0.3, -0.25) is 0 Å². The van der Waals surface area contributed by atoms with Gasteiger partial charge in [0.25, 0.3) is 0 Å². The van der Waals surface area contributed by atoms with Crippen molar-refractivity contribution in [1.29, 1.82) is 0 Å². The Labute approximate surface area is 145 Å². The number of benzene rings is 1. The Balaban J connectivity index is 1.49. The van der Waals surface area contributed by atoms with Crippen LogP contribution in [0.2, 0.25) is 0 Å². The van der Waals surface area contributed by atoms with Crippen molar-refractivity contribution in [3.63, 3.8) is 0 Å². The van der Waals surface area contributed by atoms with Crippen molar-refractivity contribution < 1.29 is 13.9 Å². The summed E-state index contributed by atoms with van der Waals surface area (Å²) in [5, 5.41) is 6.31. The molecule has 6 nitrogen and oxygen atoms in total. The highest BCUT2D eigenvalue weighted by atomic mass is 19.1. The molecule has 0 unspecified atom stereocenters. The molecule has 1 aromatic heterocycles. The number of ether oxygens (including phenoxy) is 2. The molecule has 1 saturated carbocycles.